The van der Waals surface area contributed by atoms with Gasteiger partial charge < -0.3 is 0 Å². The predicted molar refractivity (Wildman–Crippen MR) is 67.2 cm³/mol. The Bertz CT molecular complexity index is 534. The van der Waals surface area contributed by atoms with Gasteiger partial charge in [-0.05, 0) is 25.1 Å². The highest BCUT2D eigenvalue weighted by Gasteiger charge is 2.07. The number of benzene rings is 1. The Morgan fingerprint density at radius 1 is 1.24 bits per heavy atom. The normalized spacial score (nSPS) is 10.2. The molecule has 1 heterocycles. The first kappa shape index (κ1) is 11.8. The topological polar surface area (TPSA) is 20.9 Å². The molecule has 3 heteroatoms. The second-order valence-electron chi connectivity index (χ2n) is 3.95. The fourth-order valence-corrected chi connectivity index (χ4v) is 1.76. The van der Waals surface area contributed by atoms with Gasteiger partial charge in [-0.15, -0.1) is 0 Å². The number of rotatable bonds is 3. The number of carbonyl (C=O) groups is 1. The Kier molecular flexibility index (Phi) is 3.55. The molecule has 0 atom stereocenters. The Hall–Kier alpha value is -1.67. The molecular formula is C14H13ClNO+. The van der Waals surface area contributed by atoms with E-state index in [9.17, 15) is 4.79 Å². The Morgan fingerprint density at radius 3 is 2.59 bits per heavy atom. The Morgan fingerprint density at radius 2 is 1.94 bits per heavy atom. The Balaban J connectivity index is 2.21. The standard InChI is InChI=1S/C14H13ClNO/c1-11(17)13-3-2-8-16(10-13)9-12-4-6-14(15)7-5-12/h2-8,10H,9H2,1H3/q+1. The zero-order chi connectivity index (χ0) is 12.3. The van der Waals surface area contributed by atoms with E-state index in [-0.39, 0.29) is 5.78 Å². The molecule has 0 aliphatic heterocycles. The molecule has 0 unspecified atom stereocenters. The van der Waals surface area contributed by atoms with Crippen molar-refractivity contribution in [1.82, 2.24) is 0 Å². The summed E-state index contributed by atoms with van der Waals surface area (Å²) in [7, 11) is 0. The van der Waals surface area contributed by atoms with E-state index in [4.69, 9.17) is 11.6 Å². The van der Waals surface area contributed by atoms with Crippen LogP contribution < -0.4 is 4.57 Å². The van der Waals surface area contributed by atoms with Crippen LogP contribution in [0.1, 0.15) is 22.8 Å². The smallest absolute Gasteiger partial charge is 0.179 e. The van der Waals surface area contributed by atoms with Crippen LogP contribution in [0.4, 0.5) is 0 Å². The molecule has 0 bridgehead atoms. The van der Waals surface area contributed by atoms with Crippen LogP contribution >= 0.6 is 11.6 Å². The summed E-state index contributed by atoms with van der Waals surface area (Å²) < 4.78 is 1.99. The minimum absolute atomic E-state index is 0.0791. The quantitative estimate of drug-likeness (QED) is 0.603. The molecule has 2 nitrogen and oxygen atoms in total. The maximum atomic E-state index is 11.3. The van der Waals surface area contributed by atoms with Crippen LogP contribution in [0.3, 0.4) is 0 Å². The third-order valence-corrected chi connectivity index (χ3v) is 2.80. The number of hydrogen-bond acceptors (Lipinski definition) is 1. The molecular weight excluding hydrogens is 234 g/mol. The summed E-state index contributed by atoms with van der Waals surface area (Å²) in [5.41, 5.74) is 1.88. The van der Waals surface area contributed by atoms with Crippen molar-refractivity contribution in [3.63, 3.8) is 0 Å². The van der Waals surface area contributed by atoms with Crippen molar-refractivity contribution in [2.24, 2.45) is 0 Å². The van der Waals surface area contributed by atoms with E-state index in [1.807, 2.05) is 53.4 Å². The highest BCUT2D eigenvalue weighted by atomic mass is 35.5. The summed E-state index contributed by atoms with van der Waals surface area (Å²) in [5.74, 6) is 0.0791. The van der Waals surface area contributed by atoms with Gasteiger partial charge in [-0.2, -0.15) is 0 Å². The number of aromatic nitrogens is 1. The van der Waals surface area contributed by atoms with E-state index in [0.717, 1.165) is 22.7 Å². The highest BCUT2D eigenvalue weighted by Crippen LogP contribution is 2.09. The van der Waals surface area contributed by atoms with E-state index in [1.165, 1.54) is 0 Å². The van der Waals surface area contributed by atoms with Crippen LogP contribution in [-0.4, -0.2) is 5.78 Å². The van der Waals surface area contributed by atoms with E-state index in [1.54, 1.807) is 6.92 Å². The zero-order valence-corrected chi connectivity index (χ0v) is 10.3. The number of carbonyl (C=O) groups excluding carboxylic acids is 1. The third kappa shape index (κ3) is 3.14. The van der Waals surface area contributed by atoms with E-state index >= 15 is 0 Å². The van der Waals surface area contributed by atoms with Crippen molar-refractivity contribution in [2.45, 2.75) is 13.5 Å². The van der Waals surface area contributed by atoms with Crippen molar-refractivity contribution in [1.29, 1.82) is 0 Å². The molecule has 0 radical (unpaired) electrons. The minimum atomic E-state index is 0.0791. The van der Waals surface area contributed by atoms with Crippen molar-refractivity contribution in [3.8, 4) is 0 Å². The molecule has 0 saturated heterocycles. The van der Waals surface area contributed by atoms with Gasteiger partial charge in [0.15, 0.2) is 24.7 Å². The molecule has 0 fully saturated rings. The summed E-state index contributed by atoms with van der Waals surface area (Å²) in [6.07, 6.45) is 3.80. The van der Waals surface area contributed by atoms with Gasteiger partial charge in [-0.3, -0.25) is 4.79 Å². The minimum Gasteiger partial charge on any atom is -0.294 e. The lowest BCUT2D eigenvalue weighted by atomic mass is 10.2. The lowest BCUT2D eigenvalue weighted by Crippen LogP contribution is -2.34. The Labute approximate surface area is 105 Å². The number of hydrogen-bond donors (Lipinski definition) is 0. The van der Waals surface area contributed by atoms with Crippen molar-refractivity contribution in [2.75, 3.05) is 0 Å². The van der Waals surface area contributed by atoms with E-state index in [2.05, 4.69) is 0 Å². The van der Waals surface area contributed by atoms with E-state index in [0.29, 0.717) is 0 Å². The van der Waals surface area contributed by atoms with Crippen molar-refractivity contribution in [3.05, 3.63) is 64.9 Å². The monoisotopic (exact) mass is 246 g/mol. The fourth-order valence-electron chi connectivity index (χ4n) is 1.63. The molecule has 17 heavy (non-hydrogen) atoms. The molecule has 0 aliphatic carbocycles. The van der Waals surface area contributed by atoms with Gasteiger partial charge in [0.05, 0.1) is 5.56 Å². The molecule has 0 spiro atoms. The largest absolute Gasteiger partial charge is 0.294 e. The lowest BCUT2D eigenvalue weighted by molar-refractivity contribution is -0.688. The number of halogens is 1. The molecule has 2 aromatic rings. The first-order chi connectivity index (χ1) is 8.15. The van der Waals surface area contributed by atoms with Gasteiger partial charge in [-0.1, -0.05) is 23.7 Å². The molecule has 0 saturated carbocycles. The van der Waals surface area contributed by atoms with E-state index < -0.39 is 0 Å². The van der Waals surface area contributed by atoms with Crippen LogP contribution in [0.2, 0.25) is 5.02 Å². The SMILES string of the molecule is CC(=O)c1ccc[n+](Cc2ccc(Cl)cc2)c1. The maximum Gasteiger partial charge on any atom is 0.179 e. The summed E-state index contributed by atoms with van der Waals surface area (Å²) in [6, 6.07) is 11.4. The third-order valence-electron chi connectivity index (χ3n) is 2.54. The molecule has 0 aliphatic rings. The summed E-state index contributed by atoms with van der Waals surface area (Å²) >= 11 is 5.83. The number of nitrogens with zero attached hydrogens (tertiary/aromatic N) is 1. The highest BCUT2D eigenvalue weighted by molar-refractivity contribution is 6.30. The molecule has 86 valence electrons. The first-order valence-corrected chi connectivity index (χ1v) is 5.77. The number of pyridine rings is 1. The van der Waals surface area contributed by atoms with Gasteiger partial charge in [0.2, 0.25) is 0 Å². The molecule has 2 rings (SSSR count). The predicted octanol–water partition coefficient (Wildman–Crippen LogP) is 2.88. The molecule has 1 aromatic heterocycles. The number of Topliss-reactive ketones (excluding diaryl/α,β-unsaturated/α-hetero) is 1. The molecule has 1 aromatic carbocycles. The molecule has 0 amide bonds. The summed E-state index contributed by atoms with van der Waals surface area (Å²) in [6.45, 7) is 2.31. The van der Waals surface area contributed by atoms with Crippen LogP contribution in [0.5, 0.6) is 0 Å². The van der Waals surface area contributed by atoms with Crippen LogP contribution in [0, 0.1) is 0 Å². The summed E-state index contributed by atoms with van der Waals surface area (Å²) in [5, 5.41) is 0.733. The van der Waals surface area contributed by atoms with Crippen LogP contribution in [0.25, 0.3) is 0 Å². The van der Waals surface area contributed by atoms with Gasteiger partial charge in [0, 0.05) is 16.7 Å². The second-order valence-corrected chi connectivity index (χ2v) is 4.38. The molecule has 0 N–H and O–H groups in total. The zero-order valence-electron chi connectivity index (χ0n) is 9.56. The van der Waals surface area contributed by atoms with Crippen molar-refractivity contribution >= 4 is 17.4 Å². The second kappa shape index (κ2) is 5.11. The number of ketones is 1. The van der Waals surface area contributed by atoms with Gasteiger partial charge in [0.25, 0.3) is 0 Å². The van der Waals surface area contributed by atoms with Crippen molar-refractivity contribution < 1.29 is 9.36 Å². The first-order valence-electron chi connectivity index (χ1n) is 5.39. The van der Waals surface area contributed by atoms with Gasteiger partial charge in [-0.25, -0.2) is 4.57 Å². The average Bonchev–Trinajstić information content (AvgIpc) is 2.32. The van der Waals surface area contributed by atoms with Gasteiger partial charge in [0.1, 0.15) is 0 Å². The maximum absolute atomic E-state index is 11.3. The van der Waals surface area contributed by atoms with Crippen LogP contribution in [-0.2, 0) is 6.54 Å². The van der Waals surface area contributed by atoms with Crippen LogP contribution in [0.15, 0.2) is 48.8 Å². The lowest BCUT2D eigenvalue weighted by Gasteiger charge is -1.99. The fraction of sp³-hybridized carbons (Fsp3) is 0.143. The van der Waals surface area contributed by atoms with Gasteiger partial charge >= 0.3 is 0 Å². The average molecular weight is 247 g/mol. The summed E-state index contributed by atoms with van der Waals surface area (Å²) in [4.78, 5) is 11.3.